The van der Waals surface area contributed by atoms with E-state index in [0.29, 0.717) is 17.5 Å². The molecule has 2 aromatic rings. The molecule has 1 aromatic carbocycles. The minimum atomic E-state index is -4.44. The van der Waals surface area contributed by atoms with Gasteiger partial charge in [-0.3, -0.25) is 0 Å². The van der Waals surface area contributed by atoms with Crippen molar-refractivity contribution in [2.45, 2.75) is 39.4 Å². The van der Waals surface area contributed by atoms with E-state index in [1.807, 2.05) is 20.8 Å². The Balaban J connectivity index is 2.34. The number of alkyl halides is 3. The Hall–Kier alpha value is -2.02. The fraction of sp³-hybridized carbons (Fsp3) is 0.375. The number of aryl methyl sites for hydroxylation is 1. The van der Waals surface area contributed by atoms with E-state index in [9.17, 15) is 13.2 Å². The van der Waals surface area contributed by atoms with Gasteiger partial charge in [-0.1, -0.05) is 11.6 Å². The van der Waals surface area contributed by atoms with Crippen LogP contribution in [0, 0.1) is 6.92 Å². The van der Waals surface area contributed by atoms with E-state index in [1.54, 1.807) is 13.0 Å². The summed E-state index contributed by atoms with van der Waals surface area (Å²) in [7, 11) is 0. The molecule has 0 aliphatic carbocycles. The van der Waals surface area contributed by atoms with Crippen LogP contribution in [0.5, 0.6) is 0 Å². The molecule has 4 nitrogen and oxygen atoms in total. The van der Waals surface area contributed by atoms with Crippen molar-refractivity contribution < 1.29 is 13.2 Å². The molecule has 0 saturated heterocycles. The molecule has 0 atom stereocenters. The molecule has 0 fully saturated rings. The zero-order valence-electron chi connectivity index (χ0n) is 13.7. The average molecular weight is 359 g/mol. The van der Waals surface area contributed by atoms with Crippen LogP contribution >= 0.6 is 11.6 Å². The highest BCUT2D eigenvalue weighted by Gasteiger charge is 2.31. The molecule has 1 heterocycles. The molecule has 0 unspecified atom stereocenters. The monoisotopic (exact) mass is 358 g/mol. The summed E-state index contributed by atoms with van der Waals surface area (Å²) in [6.07, 6.45) is -4.44. The lowest BCUT2D eigenvalue weighted by Crippen LogP contribution is -2.27. The van der Waals surface area contributed by atoms with Crippen LogP contribution in [-0.4, -0.2) is 15.5 Å². The topological polar surface area (TPSA) is 49.8 Å². The molecular weight excluding hydrogens is 341 g/mol. The Morgan fingerprint density at radius 1 is 1.04 bits per heavy atom. The molecule has 0 saturated carbocycles. The second-order valence-electron chi connectivity index (χ2n) is 6.41. The van der Waals surface area contributed by atoms with Gasteiger partial charge in [-0.05, 0) is 45.9 Å². The summed E-state index contributed by atoms with van der Waals surface area (Å²) in [6.45, 7) is 7.63. The smallest absolute Gasteiger partial charge is 0.350 e. The van der Waals surface area contributed by atoms with Crippen molar-refractivity contribution in [3.05, 3.63) is 40.5 Å². The summed E-state index contributed by atoms with van der Waals surface area (Å²) in [5.41, 5.74) is -0.235. The van der Waals surface area contributed by atoms with E-state index in [4.69, 9.17) is 11.6 Å². The maximum Gasteiger partial charge on any atom is 0.416 e. The second kappa shape index (κ2) is 6.47. The summed E-state index contributed by atoms with van der Waals surface area (Å²) in [6, 6.07) is 4.72. The molecule has 0 spiro atoms. The van der Waals surface area contributed by atoms with Gasteiger partial charge >= 0.3 is 6.18 Å². The van der Waals surface area contributed by atoms with E-state index in [2.05, 4.69) is 20.6 Å². The van der Waals surface area contributed by atoms with Crippen molar-refractivity contribution in [1.29, 1.82) is 0 Å². The zero-order valence-corrected chi connectivity index (χ0v) is 14.5. The Kier molecular flexibility index (Phi) is 4.94. The number of halogens is 4. The number of nitrogens with zero attached hydrogens (tertiary/aromatic N) is 2. The molecule has 2 rings (SSSR count). The molecule has 0 aliphatic rings. The fourth-order valence-electron chi connectivity index (χ4n) is 1.96. The Labute approximate surface area is 143 Å². The molecule has 0 radical (unpaired) electrons. The van der Waals surface area contributed by atoms with Gasteiger partial charge in [0, 0.05) is 17.3 Å². The third-order valence-corrected chi connectivity index (χ3v) is 3.23. The predicted octanol–water partition coefficient (Wildman–Crippen LogP) is 5.41. The van der Waals surface area contributed by atoms with Gasteiger partial charge in [-0.2, -0.15) is 18.2 Å². The summed E-state index contributed by atoms with van der Waals surface area (Å²) >= 11 is 5.99. The summed E-state index contributed by atoms with van der Waals surface area (Å²) in [4.78, 5) is 8.54. The van der Waals surface area contributed by atoms with Crippen LogP contribution < -0.4 is 10.6 Å². The molecule has 0 aliphatic heterocycles. The molecular formula is C16H18ClF3N4. The van der Waals surface area contributed by atoms with Gasteiger partial charge in [-0.15, -0.1) is 0 Å². The van der Waals surface area contributed by atoms with Crippen LogP contribution in [0.15, 0.2) is 24.3 Å². The average Bonchev–Trinajstić information content (AvgIpc) is 2.37. The highest BCUT2D eigenvalue weighted by Crippen LogP contribution is 2.34. The van der Waals surface area contributed by atoms with Crippen molar-refractivity contribution in [1.82, 2.24) is 9.97 Å². The minimum Gasteiger partial charge on any atom is -0.350 e. The molecule has 0 bridgehead atoms. The Morgan fingerprint density at radius 2 is 1.71 bits per heavy atom. The van der Waals surface area contributed by atoms with E-state index in [0.717, 1.165) is 12.1 Å². The molecule has 130 valence electrons. The van der Waals surface area contributed by atoms with Gasteiger partial charge in [0.25, 0.3) is 0 Å². The van der Waals surface area contributed by atoms with Crippen molar-refractivity contribution in [3.8, 4) is 0 Å². The van der Waals surface area contributed by atoms with E-state index in [-0.39, 0.29) is 16.2 Å². The highest BCUT2D eigenvalue weighted by molar-refractivity contribution is 6.33. The number of anilines is 3. The van der Waals surface area contributed by atoms with Gasteiger partial charge < -0.3 is 10.6 Å². The Morgan fingerprint density at radius 3 is 2.29 bits per heavy atom. The first kappa shape index (κ1) is 18.3. The number of hydrogen-bond donors (Lipinski definition) is 2. The SMILES string of the molecule is Cc1cc(Nc2cc(C(F)(F)F)ccc2Cl)nc(NC(C)(C)C)n1. The first-order valence-electron chi connectivity index (χ1n) is 7.22. The fourth-order valence-corrected chi connectivity index (χ4v) is 2.12. The van der Waals surface area contributed by atoms with Crippen molar-refractivity contribution in [2.24, 2.45) is 0 Å². The van der Waals surface area contributed by atoms with Gasteiger partial charge in [0.15, 0.2) is 0 Å². The molecule has 8 heteroatoms. The molecule has 24 heavy (non-hydrogen) atoms. The summed E-state index contributed by atoms with van der Waals surface area (Å²) < 4.78 is 38.5. The van der Waals surface area contributed by atoms with Crippen LogP contribution in [0.4, 0.5) is 30.6 Å². The standard InChI is InChI=1S/C16H18ClF3N4/c1-9-7-13(23-14(21-9)24-15(2,3)4)22-12-8-10(16(18,19)20)5-6-11(12)17/h5-8H,1-4H3,(H2,21,22,23,24). The second-order valence-corrected chi connectivity index (χ2v) is 6.82. The summed E-state index contributed by atoms with van der Waals surface area (Å²) in [5.74, 6) is 0.739. The van der Waals surface area contributed by atoms with Gasteiger partial charge in [0.05, 0.1) is 16.3 Å². The minimum absolute atomic E-state index is 0.131. The number of rotatable bonds is 3. The van der Waals surface area contributed by atoms with E-state index < -0.39 is 11.7 Å². The van der Waals surface area contributed by atoms with Gasteiger partial charge in [0.1, 0.15) is 5.82 Å². The largest absolute Gasteiger partial charge is 0.416 e. The van der Waals surface area contributed by atoms with Crippen molar-refractivity contribution in [3.63, 3.8) is 0 Å². The quantitative estimate of drug-likeness (QED) is 0.770. The normalized spacial score (nSPS) is 12.2. The lowest BCUT2D eigenvalue weighted by atomic mass is 10.1. The zero-order chi connectivity index (χ0) is 18.1. The van der Waals surface area contributed by atoms with E-state index in [1.165, 1.54) is 6.07 Å². The van der Waals surface area contributed by atoms with Crippen LogP contribution in [0.2, 0.25) is 5.02 Å². The number of aromatic nitrogens is 2. The van der Waals surface area contributed by atoms with Crippen LogP contribution in [0.25, 0.3) is 0 Å². The summed E-state index contributed by atoms with van der Waals surface area (Å²) in [5, 5.41) is 6.12. The number of nitrogens with one attached hydrogen (secondary N) is 2. The maximum atomic E-state index is 12.8. The maximum absolute atomic E-state index is 12.8. The first-order valence-corrected chi connectivity index (χ1v) is 7.59. The first-order chi connectivity index (χ1) is 10.9. The van der Waals surface area contributed by atoms with Crippen molar-refractivity contribution >= 4 is 29.1 Å². The predicted molar refractivity (Wildman–Crippen MR) is 89.9 cm³/mol. The molecule has 1 aromatic heterocycles. The third-order valence-electron chi connectivity index (χ3n) is 2.90. The van der Waals surface area contributed by atoms with E-state index >= 15 is 0 Å². The Bertz CT molecular complexity index is 739. The lowest BCUT2D eigenvalue weighted by molar-refractivity contribution is -0.137. The molecule has 0 amide bonds. The van der Waals surface area contributed by atoms with Crippen molar-refractivity contribution in [2.75, 3.05) is 10.6 Å². The highest BCUT2D eigenvalue weighted by atomic mass is 35.5. The van der Waals surface area contributed by atoms with Gasteiger partial charge in [-0.25, -0.2) is 4.98 Å². The van der Waals surface area contributed by atoms with Crippen LogP contribution in [0.1, 0.15) is 32.0 Å². The number of benzene rings is 1. The molecule has 2 N–H and O–H groups in total. The van der Waals surface area contributed by atoms with Gasteiger partial charge in [0.2, 0.25) is 5.95 Å². The number of hydrogen-bond acceptors (Lipinski definition) is 4. The van der Waals surface area contributed by atoms with Crippen LogP contribution in [0.3, 0.4) is 0 Å². The van der Waals surface area contributed by atoms with Crippen LogP contribution in [-0.2, 0) is 6.18 Å². The third kappa shape index (κ3) is 4.99. The lowest BCUT2D eigenvalue weighted by Gasteiger charge is -2.21.